The van der Waals surface area contributed by atoms with Gasteiger partial charge in [0.1, 0.15) is 11.6 Å². The number of hydrogen-bond donors (Lipinski definition) is 2. The highest BCUT2D eigenvalue weighted by Gasteiger charge is 2.04. The fourth-order valence-corrected chi connectivity index (χ4v) is 2.45. The largest absolute Gasteiger partial charge is 0.383 e. The smallest absolute Gasteiger partial charge is 0.253 e. The lowest BCUT2D eigenvalue weighted by molar-refractivity contribution is 0.626. The van der Waals surface area contributed by atoms with Crippen LogP contribution in [0.25, 0.3) is 0 Å². The predicted molar refractivity (Wildman–Crippen MR) is 70.0 cm³/mol. The van der Waals surface area contributed by atoms with Crippen molar-refractivity contribution in [2.75, 3.05) is 5.73 Å². The summed E-state index contributed by atoms with van der Waals surface area (Å²) in [6, 6.07) is 5.85. The van der Waals surface area contributed by atoms with Gasteiger partial charge in [-0.1, -0.05) is 17.8 Å². The molecule has 1 aromatic heterocycles. The summed E-state index contributed by atoms with van der Waals surface area (Å²) in [6.07, 6.45) is 0. The van der Waals surface area contributed by atoms with E-state index in [0.717, 1.165) is 11.1 Å². The quantitative estimate of drug-likeness (QED) is 0.658. The van der Waals surface area contributed by atoms with Crippen molar-refractivity contribution >= 4 is 17.6 Å². The Bertz CT molecular complexity index is 627. The number of aryl methyl sites for hydroxylation is 1. The standard InChI is InChI=1S/C12H12FN3OS/c1-7-4-9(13)3-2-8(7)6-18-12-15-10(14)5-11(17)16-12/h2-5H,6H2,1H3,(H3,14,15,16,17). The molecule has 0 radical (unpaired) electrons. The molecule has 0 aliphatic rings. The zero-order valence-electron chi connectivity index (χ0n) is 9.74. The first-order valence-corrected chi connectivity index (χ1v) is 6.28. The molecule has 0 unspecified atom stereocenters. The molecule has 0 fully saturated rings. The number of aromatic amines is 1. The SMILES string of the molecule is Cc1cc(F)ccc1CSc1nc(N)cc(=O)[nH]1. The zero-order chi connectivity index (χ0) is 13.1. The molecule has 2 aromatic rings. The van der Waals surface area contributed by atoms with Gasteiger partial charge in [-0.15, -0.1) is 0 Å². The third-order valence-corrected chi connectivity index (χ3v) is 3.33. The highest BCUT2D eigenvalue weighted by atomic mass is 32.2. The average molecular weight is 265 g/mol. The first-order chi connectivity index (χ1) is 8.54. The van der Waals surface area contributed by atoms with Crippen LogP contribution >= 0.6 is 11.8 Å². The van der Waals surface area contributed by atoms with E-state index in [4.69, 9.17) is 5.73 Å². The molecular formula is C12H12FN3OS. The molecule has 0 amide bonds. The van der Waals surface area contributed by atoms with Crippen molar-refractivity contribution in [3.63, 3.8) is 0 Å². The number of nitrogens with one attached hydrogen (secondary N) is 1. The number of H-pyrrole nitrogens is 1. The fraction of sp³-hybridized carbons (Fsp3) is 0.167. The van der Waals surface area contributed by atoms with Crippen molar-refractivity contribution in [3.8, 4) is 0 Å². The van der Waals surface area contributed by atoms with E-state index >= 15 is 0 Å². The molecule has 0 aliphatic heterocycles. The van der Waals surface area contributed by atoms with Crippen LogP contribution in [0.5, 0.6) is 0 Å². The summed E-state index contributed by atoms with van der Waals surface area (Å²) in [5.41, 5.74) is 7.07. The second-order valence-electron chi connectivity index (χ2n) is 3.83. The molecule has 0 spiro atoms. The minimum Gasteiger partial charge on any atom is -0.383 e. The predicted octanol–water partition coefficient (Wildman–Crippen LogP) is 2.09. The highest BCUT2D eigenvalue weighted by molar-refractivity contribution is 7.98. The molecule has 0 aliphatic carbocycles. The molecule has 4 nitrogen and oxygen atoms in total. The molecule has 3 N–H and O–H groups in total. The molecule has 0 saturated heterocycles. The maximum Gasteiger partial charge on any atom is 0.253 e. The van der Waals surface area contributed by atoms with Crippen LogP contribution < -0.4 is 11.3 Å². The summed E-state index contributed by atoms with van der Waals surface area (Å²) >= 11 is 1.35. The lowest BCUT2D eigenvalue weighted by atomic mass is 10.1. The minimum absolute atomic E-state index is 0.192. The van der Waals surface area contributed by atoms with Crippen LogP contribution in [-0.4, -0.2) is 9.97 Å². The Morgan fingerprint density at radius 1 is 1.44 bits per heavy atom. The fourth-order valence-electron chi connectivity index (χ4n) is 1.49. The Labute approximate surface area is 107 Å². The average Bonchev–Trinajstić information content (AvgIpc) is 2.26. The van der Waals surface area contributed by atoms with Crippen LogP contribution in [0.2, 0.25) is 0 Å². The van der Waals surface area contributed by atoms with E-state index in [2.05, 4.69) is 9.97 Å². The Morgan fingerprint density at radius 2 is 2.22 bits per heavy atom. The lowest BCUT2D eigenvalue weighted by Crippen LogP contribution is -2.09. The van der Waals surface area contributed by atoms with Gasteiger partial charge in [0.2, 0.25) is 0 Å². The van der Waals surface area contributed by atoms with Crippen LogP contribution in [-0.2, 0) is 5.75 Å². The van der Waals surface area contributed by atoms with Crippen molar-refractivity contribution in [3.05, 3.63) is 51.6 Å². The van der Waals surface area contributed by atoms with Crippen molar-refractivity contribution in [1.29, 1.82) is 0 Å². The molecule has 6 heteroatoms. The topological polar surface area (TPSA) is 71.8 Å². The van der Waals surface area contributed by atoms with E-state index in [9.17, 15) is 9.18 Å². The first-order valence-electron chi connectivity index (χ1n) is 5.29. The Balaban J connectivity index is 2.13. The van der Waals surface area contributed by atoms with Gasteiger partial charge >= 0.3 is 0 Å². The van der Waals surface area contributed by atoms with Crippen molar-refractivity contribution < 1.29 is 4.39 Å². The van der Waals surface area contributed by atoms with Crippen molar-refractivity contribution in [2.45, 2.75) is 17.8 Å². The molecule has 94 valence electrons. The van der Waals surface area contributed by atoms with Crippen LogP contribution in [0.1, 0.15) is 11.1 Å². The summed E-state index contributed by atoms with van der Waals surface area (Å²) in [7, 11) is 0. The number of hydrogen-bond acceptors (Lipinski definition) is 4. The minimum atomic E-state index is -0.277. The van der Waals surface area contributed by atoms with E-state index in [1.54, 1.807) is 6.07 Å². The number of benzene rings is 1. The monoisotopic (exact) mass is 265 g/mol. The van der Waals surface area contributed by atoms with Gasteiger partial charge in [-0.3, -0.25) is 4.79 Å². The Morgan fingerprint density at radius 3 is 2.89 bits per heavy atom. The van der Waals surface area contributed by atoms with Crippen LogP contribution in [0.3, 0.4) is 0 Å². The van der Waals surface area contributed by atoms with Gasteiger partial charge < -0.3 is 10.7 Å². The third-order valence-electron chi connectivity index (χ3n) is 2.41. The van der Waals surface area contributed by atoms with Gasteiger partial charge in [-0.25, -0.2) is 9.37 Å². The summed E-state index contributed by atoms with van der Waals surface area (Å²) < 4.78 is 12.9. The van der Waals surface area contributed by atoms with E-state index in [-0.39, 0.29) is 17.2 Å². The number of nitrogen functional groups attached to an aromatic ring is 1. The molecule has 0 bridgehead atoms. The Kier molecular flexibility index (Phi) is 3.66. The lowest BCUT2D eigenvalue weighted by Gasteiger charge is -2.05. The van der Waals surface area contributed by atoms with Gasteiger partial charge in [-0.2, -0.15) is 0 Å². The van der Waals surface area contributed by atoms with Crippen molar-refractivity contribution in [1.82, 2.24) is 9.97 Å². The molecule has 2 rings (SSSR count). The van der Waals surface area contributed by atoms with E-state index in [1.165, 1.54) is 30.0 Å². The molecule has 18 heavy (non-hydrogen) atoms. The van der Waals surface area contributed by atoms with E-state index in [1.807, 2.05) is 6.92 Å². The van der Waals surface area contributed by atoms with Gasteiger partial charge in [0.15, 0.2) is 5.16 Å². The number of rotatable bonds is 3. The summed E-state index contributed by atoms with van der Waals surface area (Å²) in [5.74, 6) is 0.534. The van der Waals surface area contributed by atoms with Gasteiger partial charge in [0, 0.05) is 11.8 Å². The van der Waals surface area contributed by atoms with Crippen molar-refractivity contribution in [2.24, 2.45) is 0 Å². The second kappa shape index (κ2) is 5.22. The number of nitrogens with two attached hydrogens (primary N) is 1. The zero-order valence-corrected chi connectivity index (χ0v) is 10.6. The van der Waals surface area contributed by atoms with Crippen LogP contribution in [0.4, 0.5) is 10.2 Å². The summed E-state index contributed by atoms with van der Waals surface area (Å²) in [6.45, 7) is 1.84. The number of nitrogens with zero attached hydrogens (tertiary/aromatic N) is 1. The molecule has 1 aromatic carbocycles. The third kappa shape index (κ3) is 3.10. The highest BCUT2D eigenvalue weighted by Crippen LogP contribution is 2.21. The van der Waals surface area contributed by atoms with E-state index in [0.29, 0.717) is 10.9 Å². The van der Waals surface area contributed by atoms with Gasteiger partial charge in [0.25, 0.3) is 5.56 Å². The van der Waals surface area contributed by atoms with Crippen LogP contribution in [0, 0.1) is 12.7 Å². The molecule has 0 atom stereocenters. The van der Waals surface area contributed by atoms with Crippen LogP contribution in [0.15, 0.2) is 34.2 Å². The maximum atomic E-state index is 12.9. The van der Waals surface area contributed by atoms with Gasteiger partial charge in [-0.05, 0) is 30.2 Å². The first kappa shape index (κ1) is 12.6. The summed E-state index contributed by atoms with van der Waals surface area (Å²) in [4.78, 5) is 17.8. The molecule has 1 heterocycles. The Hall–Kier alpha value is -1.82. The summed E-state index contributed by atoms with van der Waals surface area (Å²) in [5, 5.41) is 0.462. The molecular weight excluding hydrogens is 253 g/mol. The second-order valence-corrected chi connectivity index (χ2v) is 4.80. The number of aromatic nitrogens is 2. The number of anilines is 1. The van der Waals surface area contributed by atoms with E-state index < -0.39 is 0 Å². The maximum absolute atomic E-state index is 12.9. The number of halogens is 1. The van der Waals surface area contributed by atoms with Gasteiger partial charge in [0.05, 0.1) is 0 Å². The molecule has 0 saturated carbocycles. The number of thioether (sulfide) groups is 1. The normalized spacial score (nSPS) is 10.6.